The largest absolute Gasteiger partial charge is 0.476 e. The van der Waals surface area contributed by atoms with E-state index in [1.54, 1.807) is 17.8 Å². The second kappa shape index (κ2) is 5.21. The van der Waals surface area contributed by atoms with E-state index < -0.39 is 0 Å². The third-order valence-electron chi connectivity index (χ3n) is 3.06. The van der Waals surface area contributed by atoms with Crippen LogP contribution in [0.2, 0.25) is 5.15 Å². The Kier molecular flexibility index (Phi) is 3.38. The van der Waals surface area contributed by atoms with Gasteiger partial charge in [0.2, 0.25) is 11.8 Å². The minimum Gasteiger partial charge on any atom is -0.476 e. The van der Waals surface area contributed by atoms with E-state index in [1.165, 1.54) is 0 Å². The molecular formula is C12H14ClN7O. The molecule has 2 aromatic heterocycles. The van der Waals surface area contributed by atoms with Crippen LogP contribution in [0.25, 0.3) is 11.0 Å². The van der Waals surface area contributed by atoms with Crippen molar-refractivity contribution in [1.29, 1.82) is 5.41 Å². The van der Waals surface area contributed by atoms with Crippen molar-refractivity contribution in [2.45, 2.75) is 19.9 Å². The molecule has 1 aliphatic heterocycles. The van der Waals surface area contributed by atoms with Crippen molar-refractivity contribution >= 4 is 34.5 Å². The number of aromatic nitrogens is 4. The SMILES string of the molecule is C/C(N)=C1\Nc2ncc3c(Cl)nn(c3n2)CCCOC1=N. The summed E-state index contributed by atoms with van der Waals surface area (Å²) < 4.78 is 7.09. The number of allylic oxidation sites excluding steroid dienone is 1. The first-order valence-corrected chi connectivity index (χ1v) is 6.78. The van der Waals surface area contributed by atoms with Gasteiger partial charge >= 0.3 is 0 Å². The molecule has 1 aliphatic rings. The van der Waals surface area contributed by atoms with Crippen LogP contribution in [0.5, 0.6) is 0 Å². The second-order valence-electron chi connectivity index (χ2n) is 4.66. The number of nitrogens with two attached hydrogens (primary N) is 1. The van der Waals surface area contributed by atoms with Gasteiger partial charge in [-0.1, -0.05) is 11.6 Å². The van der Waals surface area contributed by atoms with Crippen LogP contribution in [0.1, 0.15) is 13.3 Å². The van der Waals surface area contributed by atoms with E-state index in [-0.39, 0.29) is 5.90 Å². The van der Waals surface area contributed by atoms with Gasteiger partial charge in [-0.05, 0) is 6.92 Å². The van der Waals surface area contributed by atoms with Crippen molar-refractivity contribution in [3.63, 3.8) is 0 Å². The van der Waals surface area contributed by atoms with E-state index in [4.69, 9.17) is 27.5 Å². The molecule has 3 heterocycles. The number of ether oxygens (including phenoxy) is 1. The Labute approximate surface area is 125 Å². The first-order chi connectivity index (χ1) is 10.1. The monoisotopic (exact) mass is 307 g/mol. The molecule has 0 atom stereocenters. The van der Waals surface area contributed by atoms with E-state index in [0.29, 0.717) is 53.1 Å². The van der Waals surface area contributed by atoms with Gasteiger partial charge in [0.25, 0.3) is 0 Å². The molecule has 0 radical (unpaired) electrons. The summed E-state index contributed by atoms with van der Waals surface area (Å²) in [5.74, 6) is 0.284. The van der Waals surface area contributed by atoms with Crippen LogP contribution < -0.4 is 11.1 Å². The highest BCUT2D eigenvalue weighted by molar-refractivity contribution is 6.34. The molecule has 3 rings (SSSR count). The molecule has 2 aromatic rings. The molecule has 8 nitrogen and oxygen atoms in total. The van der Waals surface area contributed by atoms with E-state index in [9.17, 15) is 0 Å². The minimum atomic E-state index is -0.0312. The van der Waals surface area contributed by atoms with Crippen molar-refractivity contribution in [2.24, 2.45) is 5.73 Å². The summed E-state index contributed by atoms with van der Waals surface area (Å²) in [6.45, 7) is 2.65. The maximum absolute atomic E-state index is 7.92. The molecule has 0 unspecified atom stereocenters. The van der Waals surface area contributed by atoms with Gasteiger partial charge in [0.05, 0.1) is 12.0 Å². The Balaban J connectivity index is 2.13. The molecule has 2 bridgehead atoms. The standard InChI is InChI=1S/C12H14ClN7O/c1-6(14)8-10(15)21-4-2-3-20-11-7(9(13)19-20)5-16-12(17-8)18-11/h5,15H,2-4,14H2,1H3,(H,16,17,18)/b8-6+,15-10?. The lowest BCUT2D eigenvalue weighted by Crippen LogP contribution is -2.20. The molecule has 0 amide bonds. The molecule has 0 spiro atoms. The number of aryl methyl sites for hydroxylation is 1. The number of hydrogen-bond donors (Lipinski definition) is 3. The predicted molar refractivity (Wildman–Crippen MR) is 79.1 cm³/mol. The normalized spacial score (nSPS) is 18.1. The highest BCUT2D eigenvalue weighted by atomic mass is 35.5. The number of halogens is 1. The lowest BCUT2D eigenvalue weighted by Gasteiger charge is -2.12. The summed E-state index contributed by atoms with van der Waals surface area (Å²) >= 11 is 6.08. The molecule has 0 aliphatic carbocycles. The van der Waals surface area contributed by atoms with Crippen molar-refractivity contribution in [1.82, 2.24) is 19.7 Å². The molecule has 0 aromatic carbocycles. The lowest BCUT2D eigenvalue weighted by molar-refractivity contribution is 0.285. The fourth-order valence-electron chi connectivity index (χ4n) is 2.05. The fraction of sp³-hybridized carbons (Fsp3) is 0.333. The Morgan fingerprint density at radius 2 is 2.38 bits per heavy atom. The molecule has 21 heavy (non-hydrogen) atoms. The summed E-state index contributed by atoms with van der Waals surface area (Å²) in [5.41, 5.74) is 7.21. The fourth-order valence-corrected chi connectivity index (χ4v) is 2.27. The summed E-state index contributed by atoms with van der Waals surface area (Å²) in [4.78, 5) is 8.57. The molecular weight excluding hydrogens is 294 g/mol. The van der Waals surface area contributed by atoms with E-state index in [0.717, 1.165) is 0 Å². The average molecular weight is 308 g/mol. The van der Waals surface area contributed by atoms with E-state index >= 15 is 0 Å². The minimum absolute atomic E-state index is 0.0312. The van der Waals surface area contributed by atoms with Crippen LogP contribution in [0, 0.1) is 5.41 Å². The zero-order valence-electron chi connectivity index (χ0n) is 11.4. The smallest absolute Gasteiger partial charge is 0.232 e. The van der Waals surface area contributed by atoms with Gasteiger partial charge in [0.15, 0.2) is 10.8 Å². The Bertz CT molecular complexity index is 747. The summed E-state index contributed by atoms with van der Waals surface area (Å²) in [7, 11) is 0. The Morgan fingerprint density at radius 1 is 1.57 bits per heavy atom. The van der Waals surface area contributed by atoms with Crippen molar-refractivity contribution in [3.8, 4) is 0 Å². The van der Waals surface area contributed by atoms with Crippen LogP contribution in [0.4, 0.5) is 5.95 Å². The Hall–Kier alpha value is -2.35. The number of fused-ring (bicyclic) bond motifs is 1. The van der Waals surface area contributed by atoms with Crippen LogP contribution in [0.15, 0.2) is 17.6 Å². The van der Waals surface area contributed by atoms with Crippen molar-refractivity contribution in [2.75, 3.05) is 11.9 Å². The lowest BCUT2D eigenvalue weighted by atomic mass is 10.3. The van der Waals surface area contributed by atoms with Crippen molar-refractivity contribution in [3.05, 3.63) is 22.7 Å². The molecule has 110 valence electrons. The molecule has 4 N–H and O–H groups in total. The van der Waals surface area contributed by atoms with Crippen LogP contribution >= 0.6 is 11.6 Å². The third kappa shape index (κ3) is 2.49. The first kappa shape index (κ1) is 13.6. The quantitative estimate of drug-likeness (QED) is 0.679. The van der Waals surface area contributed by atoms with Gasteiger partial charge in [-0.15, -0.1) is 0 Å². The topological polar surface area (TPSA) is 115 Å². The highest BCUT2D eigenvalue weighted by Crippen LogP contribution is 2.22. The van der Waals surface area contributed by atoms with E-state index in [1.807, 2.05) is 0 Å². The summed E-state index contributed by atoms with van der Waals surface area (Å²) in [5, 5.41) is 16.1. The van der Waals surface area contributed by atoms with Crippen molar-refractivity contribution < 1.29 is 4.74 Å². The van der Waals surface area contributed by atoms with Gasteiger partial charge in [0, 0.05) is 24.9 Å². The zero-order valence-corrected chi connectivity index (χ0v) is 12.1. The van der Waals surface area contributed by atoms with E-state index in [2.05, 4.69) is 20.4 Å². The maximum Gasteiger partial charge on any atom is 0.232 e. The summed E-state index contributed by atoms with van der Waals surface area (Å²) in [6.07, 6.45) is 2.27. The molecule has 0 fully saturated rings. The second-order valence-corrected chi connectivity index (χ2v) is 5.02. The van der Waals surface area contributed by atoms with Crippen LogP contribution in [0.3, 0.4) is 0 Å². The number of nitrogens with zero attached hydrogens (tertiary/aromatic N) is 4. The maximum atomic E-state index is 7.92. The average Bonchev–Trinajstić information content (AvgIpc) is 2.75. The number of nitrogens with one attached hydrogen (secondary N) is 2. The number of hydrogen-bond acceptors (Lipinski definition) is 7. The van der Waals surface area contributed by atoms with Gasteiger partial charge in [-0.2, -0.15) is 10.1 Å². The Morgan fingerprint density at radius 3 is 3.14 bits per heavy atom. The van der Waals surface area contributed by atoms with Crippen LogP contribution in [-0.2, 0) is 11.3 Å². The number of rotatable bonds is 0. The van der Waals surface area contributed by atoms with Gasteiger partial charge < -0.3 is 15.8 Å². The molecule has 9 heteroatoms. The third-order valence-corrected chi connectivity index (χ3v) is 3.34. The first-order valence-electron chi connectivity index (χ1n) is 6.40. The van der Waals surface area contributed by atoms with Gasteiger partial charge in [-0.25, -0.2) is 9.67 Å². The number of anilines is 1. The zero-order chi connectivity index (χ0) is 15.0. The highest BCUT2D eigenvalue weighted by Gasteiger charge is 2.16. The van der Waals surface area contributed by atoms with Crippen LogP contribution in [-0.4, -0.2) is 32.3 Å². The summed E-state index contributed by atoms with van der Waals surface area (Å²) in [6, 6.07) is 0. The van der Waals surface area contributed by atoms with Gasteiger partial charge in [0.1, 0.15) is 5.70 Å². The molecule has 0 saturated carbocycles. The predicted octanol–water partition coefficient (Wildman–Crippen LogP) is 1.48. The molecule has 0 saturated heterocycles. The van der Waals surface area contributed by atoms with Gasteiger partial charge in [-0.3, -0.25) is 5.41 Å².